The number of anilines is 1. The van der Waals surface area contributed by atoms with Crippen LogP contribution in [-0.2, 0) is 13.1 Å². The fraction of sp³-hybridized carbons (Fsp3) is 0.100. The van der Waals surface area contributed by atoms with E-state index in [0.717, 1.165) is 17.8 Å². The first-order chi connectivity index (χ1) is 11.8. The van der Waals surface area contributed by atoms with Gasteiger partial charge in [0.25, 0.3) is 5.91 Å². The number of aromatic nitrogens is 1. The van der Waals surface area contributed by atoms with Gasteiger partial charge in [0, 0.05) is 13.1 Å². The summed E-state index contributed by atoms with van der Waals surface area (Å²) in [5.74, 6) is -0.173. The van der Waals surface area contributed by atoms with Gasteiger partial charge in [-0.3, -0.25) is 4.79 Å². The standard InChI is InChI=1S/C20H19N3O/c24-20(23-14-17-9-5-2-6-10-17)19-12-11-18(15-22-19)21-13-16-7-3-1-4-8-16/h1-12,15,21H,13-14H2,(H,23,24). The molecule has 0 atom stereocenters. The molecule has 0 aliphatic heterocycles. The van der Waals surface area contributed by atoms with E-state index >= 15 is 0 Å². The smallest absolute Gasteiger partial charge is 0.270 e. The number of nitrogens with one attached hydrogen (secondary N) is 2. The van der Waals surface area contributed by atoms with Gasteiger partial charge in [-0.05, 0) is 23.3 Å². The van der Waals surface area contributed by atoms with Crippen molar-refractivity contribution in [3.05, 3.63) is 95.8 Å². The second kappa shape index (κ2) is 7.92. The number of hydrogen-bond acceptors (Lipinski definition) is 3. The molecule has 0 saturated carbocycles. The van der Waals surface area contributed by atoms with Crippen LogP contribution in [0.5, 0.6) is 0 Å². The van der Waals surface area contributed by atoms with Crippen LogP contribution in [0.2, 0.25) is 0 Å². The van der Waals surface area contributed by atoms with E-state index in [2.05, 4.69) is 27.8 Å². The zero-order valence-corrected chi connectivity index (χ0v) is 13.3. The van der Waals surface area contributed by atoms with Crippen LogP contribution < -0.4 is 10.6 Å². The van der Waals surface area contributed by atoms with E-state index in [0.29, 0.717) is 12.2 Å². The highest BCUT2D eigenvalue weighted by Crippen LogP contribution is 2.09. The van der Waals surface area contributed by atoms with Crippen LogP contribution in [0.25, 0.3) is 0 Å². The molecule has 0 spiro atoms. The van der Waals surface area contributed by atoms with E-state index in [1.807, 2.05) is 54.6 Å². The number of carbonyl (C=O) groups excluding carboxylic acids is 1. The predicted molar refractivity (Wildman–Crippen MR) is 95.6 cm³/mol. The normalized spacial score (nSPS) is 10.2. The minimum Gasteiger partial charge on any atom is -0.380 e. The number of rotatable bonds is 6. The van der Waals surface area contributed by atoms with Gasteiger partial charge in [0.15, 0.2) is 0 Å². The number of carbonyl (C=O) groups is 1. The highest BCUT2D eigenvalue weighted by Gasteiger charge is 2.06. The van der Waals surface area contributed by atoms with Crippen LogP contribution in [0, 0.1) is 0 Å². The number of benzene rings is 2. The fourth-order valence-electron chi connectivity index (χ4n) is 2.30. The average molecular weight is 317 g/mol. The van der Waals surface area contributed by atoms with Gasteiger partial charge >= 0.3 is 0 Å². The van der Waals surface area contributed by atoms with E-state index in [1.165, 1.54) is 5.56 Å². The summed E-state index contributed by atoms with van der Waals surface area (Å²) in [5.41, 5.74) is 3.56. The summed E-state index contributed by atoms with van der Waals surface area (Å²) in [5, 5.41) is 6.16. The van der Waals surface area contributed by atoms with Crippen LogP contribution in [0.4, 0.5) is 5.69 Å². The van der Waals surface area contributed by atoms with Crippen molar-refractivity contribution >= 4 is 11.6 Å². The van der Waals surface area contributed by atoms with Gasteiger partial charge in [-0.25, -0.2) is 4.98 Å². The summed E-state index contributed by atoms with van der Waals surface area (Å²) in [6.45, 7) is 1.22. The molecule has 4 nitrogen and oxygen atoms in total. The van der Waals surface area contributed by atoms with Gasteiger partial charge in [-0.15, -0.1) is 0 Å². The van der Waals surface area contributed by atoms with Crippen molar-refractivity contribution < 1.29 is 4.79 Å². The molecule has 2 aromatic carbocycles. The van der Waals surface area contributed by atoms with Crippen LogP contribution >= 0.6 is 0 Å². The molecule has 3 rings (SSSR count). The van der Waals surface area contributed by atoms with Gasteiger partial charge in [-0.2, -0.15) is 0 Å². The summed E-state index contributed by atoms with van der Waals surface area (Å²) in [6.07, 6.45) is 1.68. The Kier molecular flexibility index (Phi) is 5.20. The molecule has 0 aliphatic rings. The Morgan fingerprint density at radius 1 is 0.792 bits per heavy atom. The van der Waals surface area contributed by atoms with E-state index in [1.54, 1.807) is 12.3 Å². The molecule has 3 aromatic rings. The molecule has 0 radical (unpaired) electrons. The van der Waals surface area contributed by atoms with Crippen molar-refractivity contribution in [1.82, 2.24) is 10.3 Å². The van der Waals surface area contributed by atoms with E-state index in [9.17, 15) is 4.79 Å². The van der Waals surface area contributed by atoms with Crippen molar-refractivity contribution in [3.63, 3.8) is 0 Å². The quantitative estimate of drug-likeness (QED) is 0.730. The number of amides is 1. The van der Waals surface area contributed by atoms with Crippen molar-refractivity contribution in [1.29, 1.82) is 0 Å². The topological polar surface area (TPSA) is 54.0 Å². The third-order valence-corrected chi connectivity index (χ3v) is 3.63. The van der Waals surface area contributed by atoms with Gasteiger partial charge in [-0.1, -0.05) is 60.7 Å². The Morgan fingerprint density at radius 3 is 2.00 bits per heavy atom. The molecule has 1 heterocycles. The van der Waals surface area contributed by atoms with Crippen LogP contribution in [0.1, 0.15) is 21.6 Å². The molecule has 120 valence electrons. The summed E-state index contributed by atoms with van der Waals surface area (Å²) >= 11 is 0. The summed E-state index contributed by atoms with van der Waals surface area (Å²) in [6, 6.07) is 23.5. The van der Waals surface area contributed by atoms with Crippen molar-refractivity contribution in [2.75, 3.05) is 5.32 Å². The zero-order chi connectivity index (χ0) is 16.6. The van der Waals surface area contributed by atoms with Crippen molar-refractivity contribution in [2.24, 2.45) is 0 Å². The van der Waals surface area contributed by atoms with E-state index in [4.69, 9.17) is 0 Å². The SMILES string of the molecule is O=C(NCc1ccccc1)c1ccc(NCc2ccccc2)cn1. The Bertz CT molecular complexity index is 771. The lowest BCUT2D eigenvalue weighted by Gasteiger charge is -2.08. The van der Waals surface area contributed by atoms with Crippen LogP contribution in [0.15, 0.2) is 79.0 Å². The molecule has 0 unspecified atom stereocenters. The minimum atomic E-state index is -0.173. The van der Waals surface area contributed by atoms with E-state index in [-0.39, 0.29) is 5.91 Å². The van der Waals surface area contributed by atoms with Gasteiger partial charge in [0.1, 0.15) is 5.69 Å². The lowest BCUT2D eigenvalue weighted by atomic mass is 10.2. The average Bonchev–Trinajstić information content (AvgIpc) is 2.66. The third kappa shape index (κ3) is 4.43. The molecule has 0 fully saturated rings. The second-order valence-corrected chi connectivity index (χ2v) is 5.44. The maximum Gasteiger partial charge on any atom is 0.270 e. The minimum absolute atomic E-state index is 0.173. The van der Waals surface area contributed by atoms with E-state index < -0.39 is 0 Å². The molecular formula is C20H19N3O. The third-order valence-electron chi connectivity index (χ3n) is 3.63. The van der Waals surface area contributed by atoms with Gasteiger partial charge < -0.3 is 10.6 Å². The van der Waals surface area contributed by atoms with Crippen LogP contribution in [0.3, 0.4) is 0 Å². The highest BCUT2D eigenvalue weighted by atomic mass is 16.1. The Hall–Kier alpha value is -3.14. The molecule has 2 N–H and O–H groups in total. The summed E-state index contributed by atoms with van der Waals surface area (Å²) < 4.78 is 0. The first-order valence-corrected chi connectivity index (χ1v) is 7.87. The lowest BCUT2D eigenvalue weighted by Crippen LogP contribution is -2.23. The molecule has 0 saturated heterocycles. The Balaban J connectivity index is 1.53. The highest BCUT2D eigenvalue weighted by molar-refractivity contribution is 5.92. The first kappa shape index (κ1) is 15.7. The zero-order valence-electron chi connectivity index (χ0n) is 13.3. The number of hydrogen-bond donors (Lipinski definition) is 2. The molecule has 4 heteroatoms. The predicted octanol–water partition coefficient (Wildman–Crippen LogP) is 3.62. The second-order valence-electron chi connectivity index (χ2n) is 5.44. The molecule has 0 bridgehead atoms. The largest absolute Gasteiger partial charge is 0.380 e. The van der Waals surface area contributed by atoms with Gasteiger partial charge in [0.05, 0.1) is 11.9 Å². The van der Waals surface area contributed by atoms with Crippen LogP contribution in [-0.4, -0.2) is 10.9 Å². The maximum atomic E-state index is 12.1. The van der Waals surface area contributed by atoms with Crippen molar-refractivity contribution in [3.8, 4) is 0 Å². The van der Waals surface area contributed by atoms with Gasteiger partial charge in [0.2, 0.25) is 0 Å². The maximum absolute atomic E-state index is 12.1. The Labute approximate surface area is 141 Å². The van der Waals surface area contributed by atoms with Crippen molar-refractivity contribution in [2.45, 2.75) is 13.1 Å². The molecule has 0 aliphatic carbocycles. The first-order valence-electron chi connectivity index (χ1n) is 7.87. The fourth-order valence-corrected chi connectivity index (χ4v) is 2.30. The monoisotopic (exact) mass is 317 g/mol. The summed E-state index contributed by atoms with van der Waals surface area (Å²) in [4.78, 5) is 16.3. The molecular weight excluding hydrogens is 298 g/mol. The number of pyridine rings is 1. The lowest BCUT2D eigenvalue weighted by molar-refractivity contribution is 0.0946. The molecule has 24 heavy (non-hydrogen) atoms. The number of nitrogens with zero attached hydrogens (tertiary/aromatic N) is 1. The molecule has 1 aromatic heterocycles. The Morgan fingerprint density at radius 2 is 1.42 bits per heavy atom. The summed E-state index contributed by atoms with van der Waals surface area (Å²) in [7, 11) is 0. The molecule has 1 amide bonds.